The topological polar surface area (TPSA) is 103 Å². The first-order valence-electron chi connectivity index (χ1n) is 13.2. The van der Waals surface area contributed by atoms with Crippen LogP contribution >= 0.6 is 0 Å². The fourth-order valence-corrected chi connectivity index (χ4v) is 5.93. The number of carbonyl (C=O) groups is 1. The molecular formula is C33H30N2O6. The van der Waals surface area contributed by atoms with Crippen LogP contribution in [0.3, 0.4) is 0 Å². The second-order valence-electron chi connectivity index (χ2n) is 10.4. The molecule has 0 saturated heterocycles. The van der Waals surface area contributed by atoms with E-state index >= 15 is 0 Å². The normalized spacial score (nSPS) is 18.8. The largest absolute Gasteiger partial charge is 0.507 e. The van der Waals surface area contributed by atoms with Crippen molar-refractivity contribution < 1.29 is 29.2 Å². The van der Waals surface area contributed by atoms with Gasteiger partial charge in [-0.3, -0.25) is 4.79 Å². The number of phenolic OH excluding ortho intramolecular Hbond substituents is 1. The monoisotopic (exact) mass is 550 g/mol. The van der Waals surface area contributed by atoms with Crippen molar-refractivity contribution in [2.24, 2.45) is 0 Å². The summed E-state index contributed by atoms with van der Waals surface area (Å²) in [6.07, 6.45) is 3.79. The molecule has 0 saturated carbocycles. The van der Waals surface area contributed by atoms with E-state index in [0.29, 0.717) is 50.9 Å². The SMILES string of the molecule is COc1ccccc1/C=C/C(=O)c1c(O)c(C)c(OC)c2c1OC1=Cc3c(c(C)nn3-c3ccccc3)[C@@H](O)[C@@]12C. The third kappa shape index (κ3) is 3.78. The molecule has 4 aromatic rings. The smallest absolute Gasteiger partial charge is 0.193 e. The third-order valence-electron chi connectivity index (χ3n) is 8.09. The highest BCUT2D eigenvalue weighted by atomic mass is 16.5. The summed E-state index contributed by atoms with van der Waals surface area (Å²) < 4.78 is 19.4. The molecule has 2 N–H and O–H groups in total. The van der Waals surface area contributed by atoms with Gasteiger partial charge in [-0.05, 0) is 51.1 Å². The van der Waals surface area contributed by atoms with Gasteiger partial charge in [0.2, 0.25) is 0 Å². The van der Waals surface area contributed by atoms with Crippen LogP contribution in [0.15, 0.2) is 66.4 Å². The minimum atomic E-state index is -1.11. The number of fused-ring (bicyclic) bond motifs is 4. The van der Waals surface area contributed by atoms with Gasteiger partial charge in [-0.25, -0.2) is 4.68 Å². The molecule has 2 aliphatic rings. The number of aromatic hydroxyl groups is 1. The highest BCUT2D eigenvalue weighted by Crippen LogP contribution is 2.62. The molecule has 0 bridgehead atoms. The van der Waals surface area contributed by atoms with Crippen molar-refractivity contribution in [1.29, 1.82) is 0 Å². The molecule has 0 radical (unpaired) electrons. The minimum Gasteiger partial charge on any atom is -0.507 e. The zero-order valence-corrected chi connectivity index (χ0v) is 23.4. The Hall–Kier alpha value is -4.82. The van der Waals surface area contributed by atoms with Crippen LogP contribution in [-0.2, 0) is 5.41 Å². The summed E-state index contributed by atoms with van der Waals surface area (Å²) in [5.41, 5.74) is 3.33. The molecule has 6 rings (SSSR count). The quantitative estimate of drug-likeness (QED) is 0.229. The molecule has 208 valence electrons. The lowest BCUT2D eigenvalue weighted by Gasteiger charge is -2.34. The number of ketones is 1. The van der Waals surface area contributed by atoms with Crippen molar-refractivity contribution in [3.05, 3.63) is 106 Å². The number of aliphatic hydroxyl groups excluding tert-OH is 1. The first kappa shape index (κ1) is 26.4. The summed E-state index contributed by atoms with van der Waals surface area (Å²) in [7, 11) is 3.06. The summed E-state index contributed by atoms with van der Waals surface area (Å²) in [6.45, 7) is 5.40. The van der Waals surface area contributed by atoms with E-state index in [1.807, 2.05) is 68.5 Å². The van der Waals surface area contributed by atoms with Crippen LogP contribution in [0.1, 0.15) is 57.0 Å². The minimum absolute atomic E-state index is 0.00126. The number of rotatable bonds is 6. The van der Waals surface area contributed by atoms with Gasteiger partial charge < -0.3 is 24.4 Å². The lowest BCUT2D eigenvalue weighted by Crippen LogP contribution is -2.34. The number of para-hydroxylation sites is 2. The highest BCUT2D eigenvalue weighted by molar-refractivity contribution is 6.12. The van der Waals surface area contributed by atoms with Crippen LogP contribution < -0.4 is 14.2 Å². The van der Waals surface area contributed by atoms with Crippen LogP contribution in [0.5, 0.6) is 23.0 Å². The number of benzene rings is 3. The summed E-state index contributed by atoms with van der Waals surface area (Å²) in [5.74, 6) is 0.851. The number of carbonyl (C=O) groups excluding carboxylic acids is 1. The fraction of sp³-hybridized carbons (Fsp3) is 0.212. The molecule has 0 fully saturated rings. The van der Waals surface area contributed by atoms with E-state index < -0.39 is 17.3 Å². The Kier molecular flexibility index (Phi) is 6.23. The molecule has 41 heavy (non-hydrogen) atoms. The zero-order chi connectivity index (χ0) is 29.1. The van der Waals surface area contributed by atoms with Gasteiger partial charge in [-0.15, -0.1) is 0 Å². The van der Waals surface area contributed by atoms with Crippen LogP contribution in [-0.4, -0.2) is 40.0 Å². The van der Waals surface area contributed by atoms with Gasteiger partial charge >= 0.3 is 0 Å². The maximum absolute atomic E-state index is 13.7. The Bertz CT molecular complexity index is 1770. The van der Waals surface area contributed by atoms with Crippen molar-refractivity contribution in [3.63, 3.8) is 0 Å². The van der Waals surface area contributed by atoms with Crippen molar-refractivity contribution in [3.8, 4) is 28.7 Å². The average molecular weight is 551 g/mol. The molecule has 8 heteroatoms. The Morgan fingerprint density at radius 3 is 2.49 bits per heavy atom. The summed E-state index contributed by atoms with van der Waals surface area (Å²) in [4.78, 5) is 13.7. The predicted molar refractivity (Wildman–Crippen MR) is 155 cm³/mol. The van der Waals surface area contributed by atoms with Crippen molar-refractivity contribution in [2.45, 2.75) is 32.3 Å². The Morgan fingerprint density at radius 1 is 1.07 bits per heavy atom. The number of methoxy groups -OCH3 is 2. The second kappa shape index (κ2) is 9.67. The molecule has 2 heterocycles. The molecule has 1 aliphatic heterocycles. The first-order valence-corrected chi connectivity index (χ1v) is 13.2. The maximum atomic E-state index is 13.7. The van der Waals surface area contributed by atoms with Gasteiger partial charge in [-0.1, -0.05) is 36.4 Å². The number of aromatic nitrogens is 2. The number of aliphatic hydroxyl groups is 1. The van der Waals surface area contributed by atoms with Crippen LogP contribution in [0.4, 0.5) is 0 Å². The molecule has 2 atom stereocenters. The lowest BCUT2D eigenvalue weighted by molar-refractivity contribution is 0.0966. The summed E-state index contributed by atoms with van der Waals surface area (Å²) in [5, 5.41) is 28.0. The molecular weight excluding hydrogens is 520 g/mol. The van der Waals surface area contributed by atoms with Gasteiger partial charge in [0.1, 0.15) is 34.3 Å². The number of nitrogens with zero attached hydrogens (tertiary/aromatic N) is 2. The zero-order valence-electron chi connectivity index (χ0n) is 23.4. The van der Waals surface area contributed by atoms with Gasteiger partial charge in [0.15, 0.2) is 5.78 Å². The van der Waals surface area contributed by atoms with E-state index in [-0.39, 0.29) is 17.1 Å². The van der Waals surface area contributed by atoms with Crippen molar-refractivity contribution in [1.82, 2.24) is 9.78 Å². The number of hydrogen-bond donors (Lipinski definition) is 2. The number of aryl methyl sites for hydroxylation is 1. The highest BCUT2D eigenvalue weighted by Gasteiger charge is 2.55. The van der Waals surface area contributed by atoms with Crippen LogP contribution in [0, 0.1) is 13.8 Å². The van der Waals surface area contributed by atoms with E-state index in [0.717, 1.165) is 5.69 Å². The maximum Gasteiger partial charge on any atom is 0.193 e. The molecule has 8 nitrogen and oxygen atoms in total. The van der Waals surface area contributed by atoms with Gasteiger partial charge in [-0.2, -0.15) is 5.10 Å². The second-order valence-corrected chi connectivity index (χ2v) is 10.4. The van der Waals surface area contributed by atoms with E-state index in [4.69, 9.17) is 19.3 Å². The molecule has 0 amide bonds. The molecule has 3 aromatic carbocycles. The standard InChI is InChI=1S/C33H30N2O6/c1-18-29(37)27(23(36)16-15-20-11-9-10-14-24(20)39-4)31-28(30(18)40-5)33(3)25(41-31)17-22-26(32(33)38)19(2)34-35(22)21-12-7-6-8-13-21/h6-17,32,37-38H,1-5H3/b16-15+/t32-,33+/m1/s1. The van der Waals surface area contributed by atoms with Crippen LogP contribution in [0.25, 0.3) is 17.8 Å². The first-order chi connectivity index (χ1) is 19.7. The number of ether oxygens (including phenoxy) is 3. The average Bonchev–Trinajstić information content (AvgIpc) is 3.47. The molecule has 0 spiro atoms. The van der Waals surface area contributed by atoms with E-state index in [1.165, 1.54) is 13.2 Å². The Morgan fingerprint density at radius 2 is 1.78 bits per heavy atom. The van der Waals surface area contributed by atoms with E-state index in [9.17, 15) is 15.0 Å². The third-order valence-corrected chi connectivity index (χ3v) is 8.09. The lowest BCUT2D eigenvalue weighted by atomic mass is 9.70. The molecule has 1 aliphatic carbocycles. The summed E-state index contributed by atoms with van der Waals surface area (Å²) in [6, 6.07) is 17.0. The molecule has 1 aromatic heterocycles. The number of allylic oxidation sites excluding steroid dienone is 1. The predicted octanol–water partition coefficient (Wildman–Crippen LogP) is 5.85. The van der Waals surface area contributed by atoms with E-state index in [2.05, 4.69) is 0 Å². The number of phenols is 1. The van der Waals surface area contributed by atoms with Gasteiger partial charge in [0.25, 0.3) is 0 Å². The fourth-order valence-electron chi connectivity index (χ4n) is 5.93. The van der Waals surface area contributed by atoms with Gasteiger partial charge in [0, 0.05) is 22.8 Å². The van der Waals surface area contributed by atoms with Crippen LogP contribution in [0.2, 0.25) is 0 Å². The van der Waals surface area contributed by atoms with Crippen molar-refractivity contribution >= 4 is 17.9 Å². The Balaban J connectivity index is 1.53. The van der Waals surface area contributed by atoms with E-state index in [1.54, 1.807) is 30.9 Å². The summed E-state index contributed by atoms with van der Waals surface area (Å²) >= 11 is 0. The Labute approximate surface area is 237 Å². The number of hydrogen-bond acceptors (Lipinski definition) is 7. The van der Waals surface area contributed by atoms with Crippen molar-refractivity contribution in [2.75, 3.05) is 14.2 Å². The van der Waals surface area contributed by atoms with Gasteiger partial charge in [0.05, 0.1) is 48.4 Å². The molecule has 0 unspecified atom stereocenters.